The molecule has 0 saturated carbocycles. The first-order chi connectivity index (χ1) is 7.15. The van der Waals surface area contributed by atoms with Gasteiger partial charge in [-0.15, -0.1) is 5.01 Å². The largest absolute Gasteiger partial charge is 0.737 e. The molecule has 0 amide bonds. The van der Waals surface area contributed by atoms with E-state index in [0.29, 0.717) is 6.54 Å². The molecular weight excluding hydrogens is 194 g/mol. The molecule has 0 heterocycles. The molecule has 0 bridgehead atoms. The molecule has 0 unspecified atom stereocenters. The van der Waals surface area contributed by atoms with E-state index in [1.807, 2.05) is 44.2 Å². The van der Waals surface area contributed by atoms with Crippen LogP contribution in [0, 0.1) is 10.4 Å². The molecule has 82 valence electrons. The van der Waals surface area contributed by atoms with E-state index < -0.39 is 0 Å². The number of rotatable bonds is 4. The maximum Gasteiger partial charge on any atom is 0.102 e. The lowest BCUT2D eigenvalue weighted by molar-refractivity contribution is -0.701. The number of nitrogens with zero attached hydrogens (tertiary/aromatic N) is 3. The van der Waals surface area contributed by atoms with Crippen molar-refractivity contribution >= 4 is 0 Å². The van der Waals surface area contributed by atoms with Crippen LogP contribution in [0.5, 0.6) is 0 Å². The normalized spacial score (nSPS) is 11.8. The molecule has 0 saturated heterocycles. The van der Waals surface area contributed by atoms with Gasteiger partial charge >= 0.3 is 0 Å². The van der Waals surface area contributed by atoms with Crippen molar-refractivity contribution in [3.63, 3.8) is 0 Å². The molecule has 0 N–H and O–H groups in total. The zero-order valence-corrected chi connectivity index (χ0v) is 8.83. The Bertz CT molecular complexity index is 325. The zero-order valence-electron chi connectivity index (χ0n) is 8.83. The molecule has 1 rings (SSSR count). The van der Waals surface area contributed by atoms with E-state index in [1.165, 1.54) is 5.01 Å². The fourth-order valence-corrected chi connectivity index (χ4v) is 1.26. The summed E-state index contributed by atoms with van der Waals surface area (Å²) in [5.74, 6) is 0. The lowest BCUT2D eigenvalue weighted by atomic mass is 10.2. The molecule has 1 aromatic rings. The number of hydrogen-bond acceptors (Lipinski definition) is 3. The Balaban J connectivity index is 2.76. The Morgan fingerprint density at radius 2 is 1.93 bits per heavy atom. The fraction of sp³-hybridized carbons (Fsp3) is 0.400. The third kappa shape index (κ3) is 3.12. The Labute approximate surface area is 88.8 Å². The first kappa shape index (κ1) is 11.3. The summed E-state index contributed by atoms with van der Waals surface area (Å²) in [5, 5.41) is 25.0. The molecule has 0 aromatic heterocycles. The zero-order chi connectivity index (χ0) is 11.3. The number of benzene rings is 1. The van der Waals surface area contributed by atoms with Crippen molar-refractivity contribution in [3.8, 4) is 0 Å². The van der Waals surface area contributed by atoms with Gasteiger partial charge in [-0.1, -0.05) is 30.3 Å². The van der Waals surface area contributed by atoms with E-state index >= 15 is 0 Å². The van der Waals surface area contributed by atoms with Crippen LogP contribution in [0.4, 0.5) is 0 Å². The van der Waals surface area contributed by atoms with Crippen molar-refractivity contribution in [1.29, 1.82) is 0 Å². The van der Waals surface area contributed by atoms with Gasteiger partial charge in [0.05, 0.1) is 6.04 Å². The first-order valence-corrected chi connectivity index (χ1v) is 4.76. The van der Waals surface area contributed by atoms with Gasteiger partial charge in [-0.2, -0.15) is 0 Å². The minimum absolute atomic E-state index is 0.0691. The summed E-state index contributed by atoms with van der Waals surface area (Å²) in [6, 6.07) is 9.40. The highest BCUT2D eigenvalue weighted by atomic mass is 16.6. The molecule has 0 aliphatic heterocycles. The van der Waals surface area contributed by atoms with Crippen molar-refractivity contribution in [1.82, 2.24) is 5.01 Å². The van der Waals surface area contributed by atoms with E-state index in [2.05, 4.69) is 5.28 Å². The quantitative estimate of drug-likeness (QED) is 0.433. The van der Waals surface area contributed by atoms with Crippen LogP contribution in [0.15, 0.2) is 35.6 Å². The number of hydrazine groups is 1. The maximum absolute atomic E-state index is 11.1. The SMILES string of the molecule is CC(C)N(Cc1ccccc1)/[N+]([O-])=N\[O-]. The van der Waals surface area contributed by atoms with Crippen LogP contribution in [0.1, 0.15) is 19.4 Å². The van der Waals surface area contributed by atoms with E-state index in [4.69, 9.17) is 0 Å². The molecule has 0 aliphatic rings. The van der Waals surface area contributed by atoms with E-state index in [1.54, 1.807) is 0 Å². The Morgan fingerprint density at radius 1 is 1.33 bits per heavy atom. The summed E-state index contributed by atoms with van der Waals surface area (Å²) in [4.78, 5) is 0.0949. The van der Waals surface area contributed by atoms with E-state index in [-0.39, 0.29) is 11.0 Å². The minimum atomic E-state index is -0.0691. The highest BCUT2D eigenvalue weighted by Crippen LogP contribution is 2.08. The van der Waals surface area contributed by atoms with E-state index in [9.17, 15) is 10.4 Å². The van der Waals surface area contributed by atoms with Gasteiger partial charge in [0, 0.05) is 4.97 Å². The second-order valence-electron chi connectivity index (χ2n) is 3.51. The van der Waals surface area contributed by atoms with Gasteiger partial charge in [-0.25, -0.2) is 0 Å². The van der Waals surface area contributed by atoms with Crippen molar-refractivity contribution in [2.24, 2.45) is 5.28 Å². The third-order valence-electron chi connectivity index (χ3n) is 2.07. The molecule has 0 fully saturated rings. The summed E-state index contributed by atoms with van der Waals surface area (Å²) in [5.41, 5.74) is 0.968. The van der Waals surface area contributed by atoms with Gasteiger partial charge in [-0.3, -0.25) is 0 Å². The predicted molar refractivity (Wildman–Crippen MR) is 56.5 cm³/mol. The molecule has 0 atom stereocenters. The number of hydrogen-bond donors (Lipinski definition) is 0. The summed E-state index contributed by atoms with van der Waals surface area (Å²) in [6.07, 6.45) is 0. The topological polar surface area (TPSA) is 64.7 Å². The molecule has 0 spiro atoms. The van der Waals surface area contributed by atoms with Crippen LogP contribution >= 0.6 is 0 Å². The molecular formula is C10H14N3O2-. The lowest BCUT2D eigenvalue weighted by Crippen LogP contribution is -2.36. The van der Waals surface area contributed by atoms with Crippen molar-refractivity contribution in [2.75, 3.05) is 0 Å². The van der Waals surface area contributed by atoms with Crippen molar-refractivity contribution in [3.05, 3.63) is 46.3 Å². The average molecular weight is 208 g/mol. The molecule has 15 heavy (non-hydrogen) atoms. The smallest absolute Gasteiger partial charge is 0.102 e. The molecule has 5 nitrogen and oxygen atoms in total. The summed E-state index contributed by atoms with van der Waals surface area (Å²) in [6.45, 7) is 4.05. The van der Waals surface area contributed by atoms with Crippen LogP contribution in [-0.4, -0.2) is 16.0 Å². The second kappa shape index (κ2) is 5.19. The summed E-state index contributed by atoms with van der Waals surface area (Å²) < 4.78 is 0. The standard InChI is InChI=1S/C10H15N3O2/c1-9(2)12(13(15)11-14)8-10-6-4-3-5-7-10/h3-7,9,14H,8H2,1-2H3/p-1/b13-11+. The summed E-state index contributed by atoms with van der Waals surface area (Å²) in [7, 11) is 0. The monoisotopic (exact) mass is 208 g/mol. The Morgan fingerprint density at radius 3 is 2.40 bits per heavy atom. The molecule has 5 heteroatoms. The first-order valence-electron chi connectivity index (χ1n) is 4.76. The second-order valence-corrected chi connectivity index (χ2v) is 3.51. The van der Waals surface area contributed by atoms with Crippen LogP contribution in [0.3, 0.4) is 0 Å². The van der Waals surface area contributed by atoms with Gasteiger partial charge in [0.25, 0.3) is 0 Å². The third-order valence-corrected chi connectivity index (χ3v) is 2.07. The fourth-order valence-electron chi connectivity index (χ4n) is 1.26. The van der Waals surface area contributed by atoms with Gasteiger partial charge in [0.1, 0.15) is 6.54 Å². The van der Waals surface area contributed by atoms with Gasteiger partial charge in [-0.05, 0) is 24.7 Å². The highest BCUT2D eigenvalue weighted by Gasteiger charge is 2.15. The van der Waals surface area contributed by atoms with Crippen molar-refractivity contribution in [2.45, 2.75) is 26.4 Å². The van der Waals surface area contributed by atoms with Gasteiger partial charge in [0.2, 0.25) is 0 Å². The summed E-state index contributed by atoms with van der Waals surface area (Å²) >= 11 is 0. The van der Waals surface area contributed by atoms with Crippen LogP contribution in [0.25, 0.3) is 0 Å². The molecule has 1 aromatic carbocycles. The Hall–Kier alpha value is -1.78. The van der Waals surface area contributed by atoms with Gasteiger partial charge < -0.3 is 10.4 Å². The predicted octanol–water partition coefficient (Wildman–Crippen LogP) is 2.27. The van der Waals surface area contributed by atoms with Crippen LogP contribution < -0.4 is 0 Å². The average Bonchev–Trinajstić information content (AvgIpc) is 2.26. The van der Waals surface area contributed by atoms with Crippen LogP contribution in [-0.2, 0) is 6.54 Å². The molecule has 0 aliphatic carbocycles. The highest BCUT2D eigenvalue weighted by molar-refractivity contribution is 5.14. The van der Waals surface area contributed by atoms with E-state index in [0.717, 1.165) is 5.56 Å². The van der Waals surface area contributed by atoms with Crippen molar-refractivity contribution < 1.29 is 4.97 Å². The lowest BCUT2D eigenvalue weighted by Gasteiger charge is -2.22. The minimum Gasteiger partial charge on any atom is -0.737 e. The van der Waals surface area contributed by atoms with Gasteiger partial charge in [0.15, 0.2) is 0 Å². The molecule has 0 radical (unpaired) electrons. The maximum atomic E-state index is 11.1. The Kier molecular flexibility index (Phi) is 3.91. The van der Waals surface area contributed by atoms with Crippen LogP contribution in [0.2, 0.25) is 0 Å².